The lowest BCUT2D eigenvalue weighted by Crippen LogP contribution is -1.95. The smallest absolute Gasteiger partial charge is 0.274 e. The largest absolute Gasteiger partial charge is 0.328 e. The zero-order valence-electron chi connectivity index (χ0n) is 8.93. The van der Waals surface area contributed by atoms with Crippen LogP contribution in [0.25, 0.3) is 11.0 Å². The normalized spacial score (nSPS) is 14.3. The maximum Gasteiger partial charge on any atom is 0.274 e. The van der Waals surface area contributed by atoms with Gasteiger partial charge >= 0.3 is 0 Å². The van der Waals surface area contributed by atoms with Gasteiger partial charge in [-0.25, -0.2) is 4.98 Å². The maximum absolute atomic E-state index is 10.9. The maximum atomic E-state index is 10.9. The van der Waals surface area contributed by atoms with Crippen molar-refractivity contribution in [3.05, 3.63) is 33.6 Å². The Morgan fingerprint density at radius 1 is 1.50 bits per heavy atom. The molecule has 0 saturated heterocycles. The molecule has 82 valence electrons. The first-order valence-corrected chi connectivity index (χ1v) is 5.31. The van der Waals surface area contributed by atoms with Crippen molar-refractivity contribution in [2.24, 2.45) is 0 Å². The van der Waals surface area contributed by atoms with Crippen molar-refractivity contribution >= 4 is 16.7 Å². The van der Waals surface area contributed by atoms with Gasteiger partial charge in [0, 0.05) is 24.6 Å². The van der Waals surface area contributed by atoms with Crippen molar-refractivity contribution in [1.29, 1.82) is 0 Å². The molecule has 0 bridgehead atoms. The molecule has 2 aromatic rings. The summed E-state index contributed by atoms with van der Waals surface area (Å²) in [5.74, 6) is 1.05. The van der Waals surface area contributed by atoms with E-state index < -0.39 is 0 Å². The molecule has 0 unspecified atom stereocenters. The third-order valence-corrected chi connectivity index (χ3v) is 3.12. The molecule has 0 fully saturated rings. The van der Waals surface area contributed by atoms with Gasteiger partial charge in [0.2, 0.25) is 0 Å². The third kappa shape index (κ3) is 1.14. The SMILES string of the molecule is Cc1cc2nc3n(c2cc1[N+](=O)[O-])CCC3. The summed E-state index contributed by atoms with van der Waals surface area (Å²) < 4.78 is 2.09. The molecule has 0 amide bonds. The highest BCUT2D eigenvalue weighted by molar-refractivity contribution is 5.80. The topological polar surface area (TPSA) is 61.0 Å². The van der Waals surface area contributed by atoms with E-state index in [1.165, 1.54) is 0 Å². The van der Waals surface area contributed by atoms with Crippen molar-refractivity contribution in [3.8, 4) is 0 Å². The minimum absolute atomic E-state index is 0.182. The van der Waals surface area contributed by atoms with E-state index in [1.807, 2.05) is 0 Å². The number of fused-ring (bicyclic) bond motifs is 3. The first-order valence-electron chi connectivity index (χ1n) is 5.31. The Balaban J connectivity index is 2.33. The lowest BCUT2D eigenvalue weighted by molar-refractivity contribution is -0.385. The summed E-state index contributed by atoms with van der Waals surface area (Å²) in [6.07, 6.45) is 2.06. The highest BCUT2D eigenvalue weighted by Crippen LogP contribution is 2.28. The lowest BCUT2D eigenvalue weighted by atomic mass is 10.2. The summed E-state index contributed by atoms with van der Waals surface area (Å²) in [5, 5.41) is 10.9. The Bertz CT molecular complexity index is 601. The molecule has 0 atom stereocenters. The number of rotatable bonds is 1. The van der Waals surface area contributed by atoms with E-state index >= 15 is 0 Å². The minimum Gasteiger partial charge on any atom is -0.328 e. The van der Waals surface area contributed by atoms with Crippen molar-refractivity contribution in [2.45, 2.75) is 26.3 Å². The first kappa shape index (κ1) is 9.33. The van der Waals surface area contributed by atoms with Crippen LogP contribution in [0.5, 0.6) is 0 Å². The van der Waals surface area contributed by atoms with E-state index in [9.17, 15) is 10.1 Å². The molecule has 16 heavy (non-hydrogen) atoms. The molecule has 0 spiro atoms. The van der Waals surface area contributed by atoms with Crippen molar-refractivity contribution in [1.82, 2.24) is 9.55 Å². The highest BCUT2D eigenvalue weighted by atomic mass is 16.6. The number of hydrogen-bond acceptors (Lipinski definition) is 3. The molecule has 2 heterocycles. The van der Waals surface area contributed by atoms with E-state index in [1.54, 1.807) is 19.1 Å². The molecule has 0 aliphatic carbocycles. The number of aryl methyl sites for hydroxylation is 3. The number of imidazole rings is 1. The predicted octanol–water partition coefficient (Wildman–Crippen LogP) is 2.20. The molecule has 0 saturated carbocycles. The van der Waals surface area contributed by atoms with E-state index in [4.69, 9.17) is 0 Å². The first-order chi connectivity index (χ1) is 7.66. The number of aromatic nitrogens is 2. The lowest BCUT2D eigenvalue weighted by Gasteiger charge is -2.00. The van der Waals surface area contributed by atoms with Crippen LogP contribution in [0.2, 0.25) is 0 Å². The fourth-order valence-electron chi connectivity index (χ4n) is 2.35. The van der Waals surface area contributed by atoms with Gasteiger partial charge < -0.3 is 4.57 Å². The molecule has 5 nitrogen and oxygen atoms in total. The Labute approximate surface area is 91.9 Å². The van der Waals surface area contributed by atoms with Gasteiger partial charge in [-0.15, -0.1) is 0 Å². The zero-order chi connectivity index (χ0) is 11.3. The van der Waals surface area contributed by atoms with Crippen LogP contribution in [0.1, 0.15) is 17.8 Å². The second-order valence-corrected chi connectivity index (χ2v) is 4.17. The van der Waals surface area contributed by atoms with E-state index in [0.717, 1.165) is 36.2 Å². The predicted molar refractivity (Wildman–Crippen MR) is 59.4 cm³/mol. The molecule has 3 rings (SSSR count). The monoisotopic (exact) mass is 217 g/mol. The van der Waals surface area contributed by atoms with Crippen molar-refractivity contribution in [2.75, 3.05) is 0 Å². The molecule has 0 N–H and O–H groups in total. The summed E-state index contributed by atoms with van der Waals surface area (Å²) in [6, 6.07) is 3.45. The van der Waals surface area contributed by atoms with Crippen LogP contribution >= 0.6 is 0 Å². The summed E-state index contributed by atoms with van der Waals surface area (Å²) >= 11 is 0. The average Bonchev–Trinajstić information content (AvgIpc) is 2.75. The summed E-state index contributed by atoms with van der Waals surface area (Å²) in [6.45, 7) is 2.67. The molecule has 1 aromatic heterocycles. The quantitative estimate of drug-likeness (QED) is 0.543. The zero-order valence-corrected chi connectivity index (χ0v) is 8.93. The second kappa shape index (κ2) is 3.04. The van der Waals surface area contributed by atoms with Gasteiger partial charge in [0.1, 0.15) is 5.82 Å². The van der Waals surface area contributed by atoms with Crippen LogP contribution in [0.15, 0.2) is 12.1 Å². The van der Waals surface area contributed by atoms with Crippen LogP contribution in [-0.2, 0) is 13.0 Å². The van der Waals surface area contributed by atoms with Crippen molar-refractivity contribution in [3.63, 3.8) is 0 Å². The van der Waals surface area contributed by atoms with Gasteiger partial charge in [-0.2, -0.15) is 0 Å². The standard InChI is InChI=1S/C11H11N3O2/c1-7-5-8-10(6-9(7)14(15)16)13-4-2-3-11(13)12-8/h5-6H,2-4H2,1H3. The number of nitro groups is 1. The van der Waals surface area contributed by atoms with E-state index in [2.05, 4.69) is 9.55 Å². The van der Waals surface area contributed by atoms with Gasteiger partial charge in [-0.3, -0.25) is 10.1 Å². The van der Waals surface area contributed by atoms with Crippen LogP contribution in [0.4, 0.5) is 5.69 Å². The Kier molecular flexibility index (Phi) is 1.77. The number of benzene rings is 1. The van der Waals surface area contributed by atoms with Crippen molar-refractivity contribution < 1.29 is 4.92 Å². The molecule has 5 heteroatoms. The summed E-state index contributed by atoms with van der Waals surface area (Å²) in [7, 11) is 0. The van der Waals surface area contributed by atoms with Crippen LogP contribution in [0, 0.1) is 17.0 Å². The Morgan fingerprint density at radius 3 is 3.06 bits per heavy atom. The molecule has 1 aliphatic rings. The van der Waals surface area contributed by atoms with Crippen LogP contribution in [0.3, 0.4) is 0 Å². The Morgan fingerprint density at radius 2 is 2.31 bits per heavy atom. The van der Waals surface area contributed by atoms with Gasteiger partial charge in [-0.1, -0.05) is 0 Å². The van der Waals surface area contributed by atoms with Gasteiger partial charge in [0.25, 0.3) is 5.69 Å². The third-order valence-electron chi connectivity index (χ3n) is 3.12. The van der Waals surface area contributed by atoms with Gasteiger partial charge in [-0.05, 0) is 19.4 Å². The molecular formula is C11H11N3O2. The summed E-state index contributed by atoms with van der Waals surface area (Å²) in [5.41, 5.74) is 2.62. The number of nitro benzene ring substituents is 1. The molecule has 1 aromatic carbocycles. The van der Waals surface area contributed by atoms with Gasteiger partial charge in [0.05, 0.1) is 16.0 Å². The fourth-order valence-corrected chi connectivity index (χ4v) is 2.35. The number of nitrogens with zero attached hydrogens (tertiary/aromatic N) is 3. The second-order valence-electron chi connectivity index (χ2n) is 4.17. The van der Waals surface area contributed by atoms with Crippen LogP contribution < -0.4 is 0 Å². The fraction of sp³-hybridized carbons (Fsp3) is 0.364. The van der Waals surface area contributed by atoms with Crippen LogP contribution in [-0.4, -0.2) is 14.5 Å². The average molecular weight is 217 g/mol. The Hall–Kier alpha value is -1.91. The van der Waals surface area contributed by atoms with E-state index in [0.29, 0.717) is 5.56 Å². The molecule has 1 aliphatic heterocycles. The minimum atomic E-state index is -0.330. The highest BCUT2D eigenvalue weighted by Gasteiger charge is 2.20. The number of hydrogen-bond donors (Lipinski definition) is 0. The summed E-state index contributed by atoms with van der Waals surface area (Å²) in [4.78, 5) is 15.0. The van der Waals surface area contributed by atoms with E-state index in [-0.39, 0.29) is 10.6 Å². The molecular weight excluding hydrogens is 206 g/mol. The van der Waals surface area contributed by atoms with Gasteiger partial charge in [0.15, 0.2) is 0 Å². The molecule has 0 radical (unpaired) electrons.